The first kappa shape index (κ1) is 36.2. The molecular weight excluding hydrogens is 633 g/mol. The van der Waals surface area contributed by atoms with Crippen LogP contribution in [-0.4, -0.2) is 18.9 Å². The molecule has 0 heterocycles. The normalized spacial score (nSPS) is 11.0. The van der Waals surface area contributed by atoms with E-state index in [0.717, 1.165) is 83.5 Å². The van der Waals surface area contributed by atoms with Crippen LogP contribution in [0, 0.1) is 13.8 Å². The summed E-state index contributed by atoms with van der Waals surface area (Å²) in [7, 11) is 0. The number of rotatable bonds is 16. The lowest BCUT2D eigenvalue weighted by atomic mass is 9.87. The summed E-state index contributed by atoms with van der Waals surface area (Å²) < 4.78 is 0. The standard InChI is InChI=1S/C49H48N2O/c1-5-7-29-50-33-37-17-21-39(22-18-37)45-27-25-41(31-47(45)43-15-11-9-13-35(43)3)49(52)42-26-28-46(48(32-42)44-16-12-10-14-36(44)4)40-23-19-38(20-24-40)34-51-30-8-6-2/h5-6,9-28,31-32,50-51H,1-2,7-8,29-30,33-34H2,3-4H3. The molecule has 0 aliphatic heterocycles. The van der Waals surface area contributed by atoms with Gasteiger partial charge in [0.05, 0.1) is 0 Å². The Morgan fingerprint density at radius 1 is 0.500 bits per heavy atom. The van der Waals surface area contributed by atoms with Crippen LogP contribution in [0.2, 0.25) is 0 Å². The number of benzene rings is 6. The maximum absolute atomic E-state index is 14.4. The van der Waals surface area contributed by atoms with Gasteiger partial charge in [0.1, 0.15) is 0 Å². The molecular formula is C49H48N2O. The molecule has 0 atom stereocenters. The zero-order valence-corrected chi connectivity index (χ0v) is 30.4. The molecule has 0 fully saturated rings. The van der Waals surface area contributed by atoms with Gasteiger partial charge in [-0.15, -0.1) is 13.2 Å². The summed E-state index contributed by atoms with van der Waals surface area (Å²) >= 11 is 0. The molecule has 2 N–H and O–H groups in total. The van der Waals surface area contributed by atoms with Crippen molar-refractivity contribution in [1.82, 2.24) is 10.6 Å². The third-order valence-corrected chi connectivity index (χ3v) is 9.67. The van der Waals surface area contributed by atoms with Crippen LogP contribution in [-0.2, 0) is 13.1 Å². The molecule has 6 aromatic rings. The minimum Gasteiger partial charge on any atom is -0.312 e. The van der Waals surface area contributed by atoms with Gasteiger partial charge in [-0.3, -0.25) is 4.79 Å². The quantitative estimate of drug-likeness (QED) is 0.0607. The van der Waals surface area contributed by atoms with Crippen molar-refractivity contribution in [3.8, 4) is 44.5 Å². The Kier molecular flexibility index (Phi) is 12.2. The van der Waals surface area contributed by atoms with E-state index in [2.05, 4.69) is 159 Å². The third-order valence-electron chi connectivity index (χ3n) is 9.67. The smallest absolute Gasteiger partial charge is 0.193 e. The molecule has 260 valence electrons. The van der Waals surface area contributed by atoms with Crippen molar-refractivity contribution in [3.05, 3.63) is 192 Å². The second-order valence-electron chi connectivity index (χ2n) is 13.4. The molecule has 3 heteroatoms. The Bertz CT molecular complexity index is 2000. The highest BCUT2D eigenvalue weighted by molar-refractivity contribution is 6.11. The summed E-state index contributed by atoms with van der Waals surface area (Å²) in [6.45, 7) is 15.3. The van der Waals surface area contributed by atoms with Crippen molar-refractivity contribution in [2.24, 2.45) is 0 Å². The van der Waals surface area contributed by atoms with Gasteiger partial charge < -0.3 is 10.6 Å². The van der Waals surface area contributed by atoms with Crippen LogP contribution in [0.1, 0.15) is 51.0 Å². The first-order chi connectivity index (χ1) is 25.5. The van der Waals surface area contributed by atoms with Crippen molar-refractivity contribution in [1.29, 1.82) is 0 Å². The van der Waals surface area contributed by atoms with Crippen molar-refractivity contribution < 1.29 is 4.79 Å². The van der Waals surface area contributed by atoms with Crippen LogP contribution < -0.4 is 10.6 Å². The largest absolute Gasteiger partial charge is 0.312 e. The van der Waals surface area contributed by atoms with Gasteiger partial charge in [0, 0.05) is 24.2 Å². The zero-order chi connectivity index (χ0) is 36.3. The minimum atomic E-state index is 0.00432. The van der Waals surface area contributed by atoms with E-state index >= 15 is 0 Å². The van der Waals surface area contributed by atoms with Gasteiger partial charge in [0.15, 0.2) is 5.78 Å². The highest BCUT2D eigenvalue weighted by Crippen LogP contribution is 2.38. The lowest BCUT2D eigenvalue weighted by Crippen LogP contribution is -2.13. The monoisotopic (exact) mass is 680 g/mol. The zero-order valence-electron chi connectivity index (χ0n) is 30.4. The molecule has 0 amide bonds. The van der Waals surface area contributed by atoms with E-state index in [4.69, 9.17) is 0 Å². The highest BCUT2D eigenvalue weighted by Gasteiger charge is 2.18. The Hall–Kier alpha value is -5.61. The van der Waals surface area contributed by atoms with E-state index in [1.165, 1.54) is 22.3 Å². The highest BCUT2D eigenvalue weighted by atomic mass is 16.1. The van der Waals surface area contributed by atoms with Crippen LogP contribution in [0.4, 0.5) is 0 Å². The fourth-order valence-electron chi connectivity index (χ4n) is 6.71. The molecule has 6 aromatic carbocycles. The Morgan fingerprint density at radius 2 is 0.904 bits per heavy atom. The van der Waals surface area contributed by atoms with Gasteiger partial charge in [0.25, 0.3) is 0 Å². The molecule has 0 bridgehead atoms. The number of aryl methyl sites for hydroxylation is 2. The lowest BCUT2D eigenvalue weighted by Gasteiger charge is -2.17. The van der Waals surface area contributed by atoms with E-state index in [-0.39, 0.29) is 5.78 Å². The maximum atomic E-state index is 14.4. The second kappa shape index (κ2) is 17.5. The van der Waals surface area contributed by atoms with Crippen molar-refractivity contribution in [2.45, 2.75) is 39.8 Å². The average Bonchev–Trinajstić information content (AvgIpc) is 3.18. The van der Waals surface area contributed by atoms with Crippen LogP contribution >= 0.6 is 0 Å². The third kappa shape index (κ3) is 8.63. The number of carbonyl (C=O) groups excluding carboxylic acids is 1. The predicted molar refractivity (Wildman–Crippen MR) is 221 cm³/mol. The van der Waals surface area contributed by atoms with Gasteiger partial charge >= 0.3 is 0 Å². The molecule has 0 saturated heterocycles. The fourth-order valence-corrected chi connectivity index (χ4v) is 6.71. The minimum absolute atomic E-state index is 0.00432. The number of hydrogen-bond donors (Lipinski definition) is 2. The second-order valence-corrected chi connectivity index (χ2v) is 13.4. The fraction of sp³-hybridized carbons (Fsp3) is 0.163. The molecule has 0 aliphatic carbocycles. The Balaban J connectivity index is 1.36. The van der Waals surface area contributed by atoms with E-state index in [9.17, 15) is 4.79 Å². The lowest BCUT2D eigenvalue weighted by molar-refractivity contribution is 0.103. The number of nitrogens with one attached hydrogen (secondary N) is 2. The van der Waals surface area contributed by atoms with Crippen LogP contribution in [0.15, 0.2) is 159 Å². The average molecular weight is 681 g/mol. The number of hydrogen-bond acceptors (Lipinski definition) is 3. The van der Waals surface area contributed by atoms with Gasteiger partial charge in [-0.05, 0) is 119 Å². The van der Waals surface area contributed by atoms with Gasteiger partial charge in [0.2, 0.25) is 0 Å². The molecule has 0 aliphatic rings. The summed E-state index contributed by atoms with van der Waals surface area (Å²) in [6, 6.07) is 46.6. The van der Waals surface area contributed by atoms with E-state index in [1.54, 1.807) is 0 Å². The molecule has 0 radical (unpaired) electrons. The Labute approximate surface area is 309 Å². The molecule has 52 heavy (non-hydrogen) atoms. The van der Waals surface area contributed by atoms with E-state index in [0.29, 0.717) is 11.1 Å². The Morgan fingerprint density at radius 3 is 1.29 bits per heavy atom. The van der Waals surface area contributed by atoms with Crippen molar-refractivity contribution in [3.63, 3.8) is 0 Å². The van der Waals surface area contributed by atoms with Crippen molar-refractivity contribution >= 4 is 5.78 Å². The maximum Gasteiger partial charge on any atom is 0.193 e. The molecule has 3 nitrogen and oxygen atoms in total. The first-order valence-electron chi connectivity index (χ1n) is 18.2. The summed E-state index contributed by atoms with van der Waals surface area (Å²) in [4.78, 5) is 14.4. The topological polar surface area (TPSA) is 41.1 Å². The summed E-state index contributed by atoms with van der Waals surface area (Å²) in [5.74, 6) is 0.00432. The van der Waals surface area contributed by atoms with Gasteiger partial charge in [-0.25, -0.2) is 0 Å². The van der Waals surface area contributed by atoms with Crippen LogP contribution in [0.25, 0.3) is 44.5 Å². The summed E-state index contributed by atoms with van der Waals surface area (Å²) in [5, 5.41) is 6.94. The van der Waals surface area contributed by atoms with Gasteiger partial charge in [-0.1, -0.05) is 133 Å². The molecule has 0 spiro atoms. The molecule has 0 aromatic heterocycles. The SMILES string of the molecule is C=CCCNCc1ccc(-c2ccc(C(=O)c3ccc(-c4ccc(CNCCC=C)cc4)c(-c4ccccc4C)c3)cc2-c2ccccc2C)cc1. The van der Waals surface area contributed by atoms with Crippen LogP contribution in [0.5, 0.6) is 0 Å². The molecule has 6 rings (SSSR count). The predicted octanol–water partition coefficient (Wildman–Crippen LogP) is 11.5. The first-order valence-corrected chi connectivity index (χ1v) is 18.2. The molecule has 0 unspecified atom stereocenters. The van der Waals surface area contributed by atoms with Gasteiger partial charge in [-0.2, -0.15) is 0 Å². The van der Waals surface area contributed by atoms with E-state index < -0.39 is 0 Å². The van der Waals surface area contributed by atoms with E-state index in [1.807, 2.05) is 24.3 Å². The summed E-state index contributed by atoms with van der Waals surface area (Å²) in [6.07, 6.45) is 5.76. The van der Waals surface area contributed by atoms with Crippen LogP contribution in [0.3, 0.4) is 0 Å². The number of carbonyl (C=O) groups is 1. The van der Waals surface area contributed by atoms with Crippen molar-refractivity contribution in [2.75, 3.05) is 13.1 Å². The summed E-state index contributed by atoms with van der Waals surface area (Å²) in [5.41, 5.74) is 14.9. The molecule has 0 saturated carbocycles. The number of ketones is 1.